The lowest BCUT2D eigenvalue weighted by Crippen LogP contribution is -2.49. The highest BCUT2D eigenvalue weighted by atomic mass is 35.5. The van der Waals surface area contributed by atoms with Crippen LogP contribution < -0.4 is 20.7 Å². The zero-order valence-corrected chi connectivity index (χ0v) is 14.8. The Morgan fingerprint density at radius 2 is 1.88 bits per heavy atom. The maximum Gasteiger partial charge on any atom is 0.319 e. The average Bonchev–Trinajstić information content (AvgIpc) is 2.64. The summed E-state index contributed by atoms with van der Waals surface area (Å²) in [7, 11) is 1.66. The Balaban J connectivity index is 1.65. The number of piperidine rings is 1. The fourth-order valence-corrected chi connectivity index (χ4v) is 3.23. The van der Waals surface area contributed by atoms with Crippen molar-refractivity contribution in [3.63, 3.8) is 0 Å². The van der Waals surface area contributed by atoms with Crippen molar-refractivity contribution in [1.29, 1.82) is 0 Å². The summed E-state index contributed by atoms with van der Waals surface area (Å²) in [6, 6.07) is 15.0. The van der Waals surface area contributed by atoms with Crippen LogP contribution in [0.25, 0.3) is 0 Å². The molecular weight excluding hydrogens is 338 g/mol. The van der Waals surface area contributed by atoms with E-state index in [0.29, 0.717) is 5.02 Å². The number of ether oxygens (including phenoxy) is 1. The van der Waals surface area contributed by atoms with Crippen LogP contribution in [-0.2, 0) is 0 Å². The summed E-state index contributed by atoms with van der Waals surface area (Å²) in [5.41, 5.74) is 1.90. The Labute approximate surface area is 152 Å². The van der Waals surface area contributed by atoms with Crippen molar-refractivity contribution in [3.8, 4) is 5.75 Å². The molecule has 2 aromatic carbocycles. The molecule has 2 atom stereocenters. The van der Waals surface area contributed by atoms with Crippen molar-refractivity contribution < 1.29 is 9.53 Å². The number of hydrogen-bond donors (Lipinski definition) is 3. The third kappa shape index (κ3) is 4.65. The summed E-state index contributed by atoms with van der Waals surface area (Å²) in [4.78, 5) is 12.3. The second kappa shape index (κ2) is 8.23. The number of carbonyl (C=O) groups excluding carboxylic acids is 1. The van der Waals surface area contributed by atoms with E-state index in [1.807, 2.05) is 12.1 Å². The van der Waals surface area contributed by atoms with Gasteiger partial charge in [0, 0.05) is 29.2 Å². The summed E-state index contributed by atoms with van der Waals surface area (Å²) in [5.74, 6) is 1.05. The fourth-order valence-electron chi connectivity index (χ4n) is 3.10. The van der Waals surface area contributed by atoms with Crippen molar-refractivity contribution in [2.24, 2.45) is 0 Å². The fraction of sp³-hybridized carbons (Fsp3) is 0.316. The van der Waals surface area contributed by atoms with Gasteiger partial charge in [0.25, 0.3) is 0 Å². The zero-order valence-electron chi connectivity index (χ0n) is 14.1. The van der Waals surface area contributed by atoms with Gasteiger partial charge in [0.1, 0.15) is 5.75 Å². The molecule has 0 saturated carbocycles. The van der Waals surface area contributed by atoms with Gasteiger partial charge in [0.05, 0.1) is 7.11 Å². The molecule has 25 heavy (non-hydrogen) atoms. The van der Waals surface area contributed by atoms with Gasteiger partial charge < -0.3 is 20.7 Å². The van der Waals surface area contributed by atoms with Crippen molar-refractivity contribution in [3.05, 3.63) is 59.1 Å². The number of halogens is 1. The minimum Gasteiger partial charge on any atom is -0.497 e. The van der Waals surface area contributed by atoms with Crippen LogP contribution in [0.2, 0.25) is 5.02 Å². The lowest BCUT2D eigenvalue weighted by molar-refractivity contribution is 0.242. The normalized spacial score (nSPS) is 19.9. The minimum absolute atomic E-state index is 0.0712. The van der Waals surface area contributed by atoms with E-state index in [1.54, 1.807) is 31.4 Å². The summed E-state index contributed by atoms with van der Waals surface area (Å²) in [6.07, 6.45) is 0.880. The second-order valence-electron chi connectivity index (χ2n) is 6.08. The van der Waals surface area contributed by atoms with Crippen molar-refractivity contribution in [2.45, 2.75) is 18.4 Å². The van der Waals surface area contributed by atoms with Crippen LogP contribution in [0.4, 0.5) is 10.5 Å². The van der Waals surface area contributed by atoms with Gasteiger partial charge in [0.2, 0.25) is 0 Å². The molecule has 0 radical (unpaired) electrons. The first-order chi connectivity index (χ1) is 12.2. The molecule has 3 N–H and O–H groups in total. The predicted molar refractivity (Wildman–Crippen MR) is 101 cm³/mol. The number of amides is 2. The summed E-state index contributed by atoms with van der Waals surface area (Å²) in [6.45, 7) is 1.72. The Hall–Kier alpha value is -2.24. The van der Waals surface area contributed by atoms with E-state index < -0.39 is 0 Å². The van der Waals surface area contributed by atoms with Gasteiger partial charge in [-0.1, -0.05) is 23.7 Å². The molecule has 132 valence electrons. The summed E-state index contributed by atoms with van der Waals surface area (Å²) >= 11 is 5.87. The molecule has 5 nitrogen and oxygen atoms in total. The van der Waals surface area contributed by atoms with Gasteiger partial charge in [-0.15, -0.1) is 0 Å². The molecule has 0 spiro atoms. The molecule has 0 aromatic heterocycles. The molecule has 2 aromatic rings. The number of rotatable bonds is 4. The molecule has 0 unspecified atom stereocenters. The highest BCUT2D eigenvalue weighted by Crippen LogP contribution is 2.26. The molecule has 2 amide bonds. The maximum atomic E-state index is 12.3. The van der Waals surface area contributed by atoms with E-state index in [4.69, 9.17) is 16.3 Å². The number of carbonyl (C=O) groups is 1. The zero-order chi connectivity index (χ0) is 17.6. The van der Waals surface area contributed by atoms with Crippen LogP contribution in [0.3, 0.4) is 0 Å². The van der Waals surface area contributed by atoms with Crippen LogP contribution in [0.15, 0.2) is 48.5 Å². The molecule has 6 heteroatoms. The van der Waals surface area contributed by atoms with Crippen molar-refractivity contribution >= 4 is 23.3 Å². The highest BCUT2D eigenvalue weighted by Gasteiger charge is 2.27. The SMILES string of the molecule is COc1ccc([C@@H]2CNCC[C@H]2NC(=O)Nc2ccc(Cl)cc2)cc1. The van der Waals surface area contributed by atoms with Crippen molar-refractivity contribution in [1.82, 2.24) is 10.6 Å². The van der Waals surface area contributed by atoms with Crippen LogP contribution in [-0.4, -0.2) is 32.3 Å². The number of anilines is 1. The monoisotopic (exact) mass is 359 g/mol. The molecule has 1 saturated heterocycles. The van der Waals surface area contributed by atoms with E-state index in [2.05, 4.69) is 28.1 Å². The predicted octanol–water partition coefficient (Wildman–Crippen LogP) is 3.62. The second-order valence-corrected chi connectivity index (χ2v) is 6.52. The third-order valence-corrected chi connectivity index (χ3v) is 4.70. The number of benzene rings is 2. The highest BCUT2D eigenvalue weighted by molar-refractivity contribution is 6.30. The summed E-state index contributed by atoms with van der Waals surface area (Å²) in [5, 5.41) is 10.0. The van der Waals surface area contributed by atoms with Crippen LogP contribution in [0, 0.1) is 0 Å². The number of methoxy groups -OCH3 is 1. The molecule has 3 rings (SSSR count). The van der Waals surface area contributed by atoms with E-state index in [-0.39, 0.29) is 18.0 Å². The van der Waals surface area contributed by atoms with Crippen molar-refractivity contribution in [2.75, 3.05) is 25.5 Å². The van der Waals surface area contributed by atoms with Gasteiger partial charge in [0.15, 0.2) is 0 Å². The minimum atomic E-state index is -0.201. The average molecular weight is 360 g/mol. The topological polar surface area (TPSA) is 62.4 Å². The smallest absolute Gasteiger partial charge is 0.319 e. The van der Waals surface area contributed by atoms with Gasteiger partial charge in [-0.3, -0.25) is 0 Å². The van der Waals surface area contributed by atoms with Crippen LogP contribution in [0.5, 0.6) is 5.75 Å². The van der Waals surface area contributed by atoms with E-state index >= 15 is 0 Å². The standard InChI is InChI=1S/C19H22ClN3O2/c1-25-16-8-2-13(3-9-16)17-12-21-11-10-18(17)23-19(24)22-15-6-4-14(20)5-7-15/h2-9,17-18,21H,10-12H2,1H3,(H2,22,23,24)/t17-,18+/m0/s1. The maximum absolute atomic E-state index is 12.3. The summed E-state index contributed by atoms with van der Waals surface area (Å²) < 4.78 is 5.22. The van der Waals surface area contributed by atoms with E-state index in [0.717, 1.165) is 30.9 Å². The lowest BCUT2D eigenvalue weighted by atomic mass is 9.87. The Kier molecular flexibility index (Phi) is 5.79. The number of hydrogen-bond acceptors (Lipinski definition) is 3. The van der Waals surface area contributed by atoms with E-state index in [1.165, 1.54) is 5.56 Å². The van der Waals surface area contributed by atoms with Crippen LogP contribution in [0.1, 0.15) is 17.9 Å². The quantitative estimate of drug-likeness (QED) is 0.781. The van der Waals surface area contributed by atoms with Crippen LogP contribution >= 0.6 is 11.6 Å². The lowest BCUT2D eigenvalue weighted by Gasteiger charge is -2.33. The first-order valence-corrected chi connectivity index (χ1v) is 8.71. The van der Waals surface area contributed by atoms with Gasteiger partial charge in [-0.25, -0.2) is 4.79 Å². The third-order valence-electron chi connectivity index (χ3n) is 4.44. The van der Waals surface area contributed by atoms with Gasteiger partial charge in [-0.2, -0.15) is 0 Å². The largest absolute Gasteiger partial charge is 0.497 e. The van der Waals surface area contributed by atoms with E-state index in [9.17, 15) is 4.79 Å². The van der Waals surface area contributed by atoms with Gasteiger partial charge in [-0.05, 0) is 54.9 Å². The molecule has 1 aliphatic heterocycles. The molecule has 0 bridgehead atoms. The molecular formula is C19H22ClN3O2. The Morgan fingerprint density at radius 3 is 2.56 bits per heavy atom. The number of urea groups is 1. The molecule has 1 heterocycles. The van der Waals surface area contributed by atoms with Gasteiger partial charge >= 0.3 is 6.03 Å². The molecule has 1 aliphatic rings. The number of nitrogens with one attached hydrogen (secondary N) is 3. The first-order valence-electron chi connectivity index (χ1n) is 8.33. The molecule has 0 aliphatic carbocycles. The first kappa shape index (κ1) is 17.6. The molecule has 1 fully saturated rings. The Morgan fingerprint density at radius 1 is 1.16 bits per heavy atom. The Bertz CT molecular complexity index is 704.